The summed E-state index contributed by atoms with van der Waals surface area (Å²) in [6.07, 6.45) is 0. The molecule has 2 nitrogen and oxygen atoms in total. The predicted molar refractivity (Wildman–Crippen MR) is 68.8 cm³/mol. The number of benzene rings is 2. The first-order valence-electron chi connectivity index (χ1n) is 5.70. The highest BCUT2D eigenvalue weighted by molar-refractivity contribution is 6.01. The van der Waals surface area contributed by atoms with Crippen molar-refractivity contribution in [3.8, 4) is 0 Å². The zero-order valence-corrected chi connectivity index (χ0v) is 10.1. The molecule has 0 saturated heterocycles. The maximum absolute atomic E-state index is 13.2. The van der Waals surface area contributed by atoms with E-state index in [1.807, 2.05) is 18.2 Å². The van der Waals surface area contributed by atoms with Crippen molar-refractivity contribution in [1.29, 1.82) is 0 Å². The number of Topliss-reactive ketones (excluding diaryl/α,β-unsaturated/α-hetero) is 1. The summed E-state index contributed by atoms with van der Waals surface area (Å²) in [5, 5.41) is 0. The Kier molecular flexibility index (Phi) is 3.53. The van der Waals surface area contributed by atoms with Crippen molar-refractivity contribution < 1.29 is 9.18 Å². The lowest BCUT2D eigenvalue weighted by molar-refractivity contribution is 0.0960. The van der Waals surface area contributed by atoms with E-state index in [9.17, 15) is 9.18 Å². The van der Waals surface area contributed by atoms with Crippen LogP contribution in [0.1, 0.15) is 27.5 Å². The van der Waals surface area contributed by atoms with Crippen LogP contribution in [0.3, 0.4) is 0 Å². The topological polar surface area (TPSA) is 43.1 Å². The number of hydrogen-bond acceptors (Lipinski definition) is 2. The number of nitrogens with two attached hydrogens (primary N) is 1. The molecule has 2 rings (SSSR count). The summed E-state index contributed by atoms with van der Waals surface area (Å²) in [6.45, 7) is 1.77. The van der Waals surface area contributed by atoms with Crippen molar-refractivity contribution in [3.05, 3.63) is 71.0 Å². The van der Waals surface area contributed by atoms with Gasteiger partial charge in [-0.15, -0.1) is 0 Å². The molecule has 0 aromatic heterocycles. The maximum atomic E-state index is 13.2. The second-order valence-electron chi connectivity index (χ2n) is 4.21. The molecule has 2 N–H and O–H groups in total. The Morgan fingerprint density at radius 3 is 2.50 bits per heavy atom. The Balaban J connectivity index is 2.34. The number of carbonyl (C=O) groups excluding carboxylic acids is 1. The number of ketones is 1. The smallest absolute Gasteiger partial charge is 0.184 e. The molecule has 0 heterocycles. The highest BCUT2D eigenvalue weighted by Crippen LogP contribution is 2.19. The number of rotatable bonds is 3. The van der Waals surface area contributed by atoms with Crippen LogP contribution in [-0.2, 0) is 0 Å². The van der Waals surface area contributed by atoms with E-state index in [0.717, 1.165) is 11.1 Å². The summed E-state index contributed by atoms with van der Waals surface area (Å²) >= 11 is 0. The Labute approximate surface area is 105 Å². The van der Waals surface area contributed by atoms with E-state index in [-0.39, 0.29) is 5.78 Å². The molecule has 0 saturated carbocycles. The minimum Gasteiger partial charge on any atom is -0.318 e. The Morgan fingerprint density at radius 2 is 1.83 bits per heavy atom. The van der Waals surface area contributed by atoms with Crippen LogP contribution >= 0.6 is 0 Å². The van der Waals surface area contributed by atoms with Crippen molar-refractivity contribution in [2.75, 3.05) is 0 Å². The summed E-state index contributed by atoms with van der Waals surface area (Å²) in [4.78, 5) is 12.2. The normalized spacial score (nSPS) is 12.2. The lowest BCUT2D eigenvalue weighted by Gasteiger charge is -2.12. The fraction of sp³-hybridized carbons (Fsp3) is 0.133. The molecule has 18 heavy (non-hydrogen) atoms. The molecule has 0 spiro atoms. The number of hydrogen-bond donors (Lipinski definition) is 1. The van der Waals surface area contributed by atoms with Gasteiger partial charge >= 0.3 is 0 Å². The summed E-state index contributed by atoms with van der Waals surface area (Å²) < 4.78 is 13.2. The average molecular weight is 243 g/mol. The van der Waals surface area contributed by atoms with Gasteiger partial charge < -0.3 is 5.73 Å². The first-order chi connectivity index (χ1) is 8.59. The predicted octanol–water partition coefficient (Wildman–Crippen LogP) is 3.02. The number of halogens is 1. The monoisotopic (exact) mass is 243 g/mol. The lowest BCUT2D eigenvalue weighted by atomic mass is 9.95. The van der Waals surface area contributed by atoms with Crippen molar-refractivity contribution in [3.63, 3.8) is 0 Å². The van der Waals surface area contributed by atoms with Gasteiger partial charge in [0.2, 0.25) is 0 Å². The molecule has 3 heteroatoms. The Morgan fingerprint density at radius 1 is 1.17 bits per heavy atom. The third-order valence-electron chi connectivity index (χ3n) is 2.91. The van der Waals surface area contributed by atoms with E-state index < -0.39 is 11.9 Å². The number of carbonyl (C=O) groups is 1. The van der Waals surface area contributed by atoms with Crippen molar-refractivity contribution in [2.24, 2.45) is 5.73 Å². The van der Waals surface area contributed by atoms with Crippen LogP contribution in [0.5, 0.6) is 0 Å². The molecule has 0 fully saturated rings. The molecule has 0 aliphatic rings. The minimum absolute atomic E-state index is 0.266. The van der Waals surface area contributed by atoms with E-state index in [1.165, 1.54) is 12.1 Å². The molecule has 0 bridgehead atoms. The summed E-state index contributed by atoms with van der Waals surface area (Å²) in [5.74, 6) is -0.692. The van der Waals surface area contributed by atoms with Gasteiger partial charge in [0.15, 0.2) is 5.78 Å². The van der Waals surface area contributed by atoms with Crippen LogP contribution in [-0.4, -0.2) is 5.78 Å². The summed E-state index contributed by atoms with van der Waals surface area (Å²) in [6, 6.07) is 12.5. The van der Waals surface area contributed by atoms with E-state index >= 15 is 0 Å². The molecule has 0 aliphatic carbocycles. The van der Waals surface area contributed by atoms with E-state index in [1.54, 1.807) is 25.1 Å². The van der Waals surface area contributed by atoms with Gasteiger partial charge in [0, 0.05) is 5.56 Å². The molecule has 92 valence electrons. The van der Waals surface area contributed by atoms with Crippen LogP contribution in [0.15, 0.2) is 48.5 Å². The third-order valence-corrected chi connectivity index (χ3v) is 2.91. The fourth-order valence-electron chi connectivity index (χ4n) is 1.84. The van der Waals surface area contributed by atoms with Crippen molar-refractivity contribution in [1.82, 2.24) is 0 Å². The number of aryl methyl sites for hydroxylation is 1. The molecule has 1 atom stereocenters. The summed E-state index contributed by atoms with van der Waals surface area (Å²) in [5.41, 5.74) is 7.71. The van der Waals surface area contributed by atoms with E-state index in [2.05, 4.69) is 0 Å². The fourth-order valence-corrected chi connectivity index (χ4v) is 1.84. The highest BCUT2D eigenvalue weighted by Gasteiger charge is 2.19. The van der Waals surface area contributed by atoms with Crippen LogP contribution in [0, 0.1) is 12.7 Å². The van der Waals surface area contributed by atoms with Gasteiger partial charge in [-0.25, -0.2) is 4.39 Å². The second kappa shape index (κ2) is 5.10. The Hall–Kier alpha value is -2.00. The van der Waals surface area contributed by atoms with Crippen molar-refractivity contribution in [2.45, 2.75) is 13.0 Å². The molecular weight excluding hydrogens is 229 g/mol. The quantitative estimate of drug-likeness (QED) is 0.842. The standard InChI is InChI=1S/C15H14FNO/c1-10-7-8-12(16)9-13(10)15(18)14(17)11-5-3-2-4-6-11/h2-9,14H,17H2,1H3/t14-/m1/s1. The largest absolute Gasteiger partial charge is 0.318 e. The zero-order chi connectivity index (χ0) is 13.1. The van der Waals surface area contributed by atoms with E-state index in [0.29, 0.717) is 5.56 Å². The molecule has 0 aliphatic heterocycles. The second-order valence-corrected chi connectivity index (χ2v) is 4.21. The molecule has 0 radical (unpaired) electrons. The molecule has 2 aromatic rings. The summed E-state index contributed by atoms with van der Waals surface area (Å²) in [7, 11) is 0. The molecule has 0 amide bonds. The zero-order valence-electron chi connectivity index (χ0n) is 10.1. The maximum Gasteiger partial charge on any atom is 0.184 e. The van der Waals surface area contributed by atoms with Crippen LogP contribution < -0.4 is 5.73 Å². The molecule has 0 unspecified atom stereocenters. The van der Waals surface area contributed by atoms with Gasteiger partial charge in [0.25, 0.3) is 0 Å². The SMILES string of the molecule is Cc1ccc(F)cc1C(=O)[C@H](N)c1ccccc1. The van der Waals surface area contributed by atoms with E-state index in [4.69, 9.17) is 5.73 Å². The van der Waals surface area contributed by atoms with Gasteiger partial charge in [-0.3, -0.25) is 4.79 Å². The average Bonchev–Trinajstić information content (AvgIpc) is 2.41. The Bertz CT molecular complexity index is 566. The molecule has 2 aromatic carbocycles. The van der Waals surface area contributed by atoms with Crippen LogP contribution in [0.4, 0.5) is 4.39 Å². The van der Waals surface area contributed by atoms with Gasteiger partial charge in [-0.1, -0.05) is 36.4 Å². The lowest BCUT2D eigenvalue weighted by Crippen LogP contribution is -2.22. The van der Waals surface area contributed by atoms with Gasteiger partial charge in [0.05, 0.1) is 6.04 Å². The first kappa shape index (κ1) is 12.5. The highest BCUT2D eigenvalue weighted by atomic mass is 19.1. The van der Waals surface area contributed by atoms with Gasteiger partial charge in [-0.05, 0) is 30.2 Å². The van der Waals surface area contributed by atoms with Crippen LogP contribution in [0.2, 0.25) is 0 Å². The van der Waals surface area contributed by atoms with Gasteiger partial charge in [-0.2, -0.15) is 0 Å². The minimum atomic E-state index is -0.758. The first-order valence-corrected chi connectivity index (χ1v) is 5.70. The van der Waals surface area contributed by atoms with Crippen LogP contribution in [0.25, 0.3) is 0 Å². The third kappa shape index (κ3) is 2.46. The van der Waals surface area contributed by atoms with Crippen molar-refractivity contribution >= 4 is 5.78 Å². The van der Waals surface area contributed by atoms with Gasteiger partial charge in [0.1, 0.15) is 5.82 Å². The molecular formula is C15H14FNO.